The highest BCUT2D eigenvalue weighted by atomic mass is 16.6. The number of carbonyl (C=O) groups is 3. The lowest BCUT2D eigenvalue weighted by molar-refractivity contribution is -0.155. The largest absolute Gasteiger partial charge is 0.466 e. The second kappa shape index (κ2) is 9.62. The molecule has 1 N–H and O–H groups in total. The first kappa shape index (κ1) is 24.4. The van der Waals surface area contributed by atoms with Gasteiger partial charge in [0.25, 0.3) is 0 Å². The molecule has 1 aromatic heterocycles. The molecule has 0 radical (unpaired) electrons. The van der Waals surface area contributed by atoms with E-state index in [2.05, 4.69) is 16.9 Å². The maximum Gasteiger partial charge on any atom is 0.312 e. The van der Waals surface area contributed by atoms with Crippen molar-refractivity contribution in [3.05, 3.63) is 36.9 Å². The van der Waals surface area contributed by atoms with E-state index in [4.69, 9.17) is 9.47 Å². The Morgan fingerprint density at radius 2 is 2.19 bits per heavy atom. The van der Waals surface area contributed by atoms with E-state index in [1.165, 1.54) is 4.90 Å². The minimum Gasteiger partial charge on any atom is -0.466 e. The number of benzene rings is 1. The second-order valence-electron chi connectivity index (χ2n) is 9.49. The number of esters is 1. The van der Waals surface area contributed by atoms with Gasteiger partial charge in [-0.3, -0.25) is 14.4 Å². The first-order chi connectivity index (χ1) is 17.5. The Morgan fingerprint density at radius 1 is 1.39 bits per heavy atom. The third-order valence-electron chi connectivity index (χ3n) is 7.54. The van der Waals surface area contributed by atoms with Crippen LogP contribution in [0.5, 0.6) is 0 Å². The van der Waals surface area contributed by atoms with Crippen LogP contribution in [-0.2, 0) is 30.5 Å². The molecule has 3 aliphatic heterocycles. The van der Waals surface area contributed by atoms with Crippen LogP contribution < -0.4 is 0 Å². The summed E-state index contributed by atoms with van der Waals surface area (Å²) in [5, 5.41) is 17.9. The highest BCUT2D eigenvalue weighted by Crippen LogP contribution is 2.58. The van der Waals surface area contributed by atoms with Gasteiger partial charge in [-0.15, -0.1) is 11.7 Å². The summed E-state index contributed by atoms with van der Waals surface area (Å²) in [6.45, 7) is 6.11. The zero-order valence-electron chi connectivity index (χ0n) is 20.3. The zero-order valence-corrected chi connectivity index (χ0v) is 20.3. The predicted octanol–water partition coefficient (Wildman–Crippen LogP) is 0.724. The molecule has 0 unspecified atom stereocenters. The van der Waals surface area contributed by atoms with E-state index >= 15 is 0 Å². The van der Waals surface area contributed by atoms with Gasteiger partial charge >= 0.3 is 5.97 Å². The van der Waals surface area contributed by atoms with Gasteiger partial charge in [0.05, 0.1) is 30.1 Å². The highest BCUT2D eigenvalue weighted by molar-refractivity contribution is 5.98. The summed E-state index contributed by atoms with van der Waals surface area (Å²) >= 11 is 0. The van der Waals surface area contributed by atoms with Crippen LogP contribution in [0.1, 0.15) is 26.2 Å². The summed E-state index contributed by atoms with van der Waals surface area (Å²) in [5.74, 6) is -2.61. The topological polar surface area (TPSA) is 127 Å². The molecule has 3 saturated heterocycles. The van der Waals surface area contributed by atoms with Crippen molar-refractivity contribution in [1.29, 1.82) is 0 Å². The van der Waals surface area contributed by atoms with Crippen molar-refractivity contribution in [2.45, 2.75) is 50.6 Å². The lowest BCUT2D eigenvalue weighted by atomic mass is 9.70. The van der Waals surface area contributed by atoms with Crippen molar-refractivity contribution >= 4 is 28.8 Å². The lowest BCUT2D eigenvalue weighted by Crippen LogP contribution is -2.56. The molecule has 4 heterocycles. The molecule has 11 heteroatoms. The SMILES string of the molecule is C=CCN(Cn1nnc2ccccc21)C(=O)[C@H]1N(CCCO)C(=O)[C@@H]2[C@@H](C(=O)OCC)[C@H]3CC[C@]21O3. The Labute approximate surface area is 208 Å². The van der Waals surface area contributed by atoms with Crippen molar-refractivity contribution in [2.24, 2.45) is 11.8 Å². The molecule has 2 bridgehead atoms. The van der Waals surface area contributed by atoms with Gasteiger partial charge in [-0.1, -0.05) is 23.4 Å². The van der Waals surface area contributed by atoms with Crippen LogP contribution in [0.25, 0.3) is 11.0 Å². The fourth-order valence-corrected chi connectivity index (χ4v) is 6.15. The third-order valence-corrected chi connectivity index (χ3v) is 7.54. The van der Waals surface area contributed by atoms with E-state index in [-0.39, 0.29) is 44.8 Å². The number of likely N-dealkylation sites (tertiary alicyclic amines) is 1. The Kier molecular flexibility index (Phi) is 6.52. The number of hydrogen-bond acceptors (Lipinski definition) is 8. The number of amides is 2. The molecule has 1 spiro atoms. The molecule has 36 heavy (non-hydrogen) atoms. The predicted molar refractivity (Wildman–Crippen MR) is 127 cm³/mol. The number of para-hydroxylation sites is 1. The summed E-state index contributed by atoms with van der Waals surface area (Å²) in [4.78, 5) is 43.8. The molecule has 3 aliphatic rings. The summed E-state index contributed by atoms with van der Waals surface area (Å²) in [6, 6.07) is 6.52. The van der Waals surface area contributed by atoms with Crippen molar-refractivity contribution < 1.29 is 29.0 Å². The van der Waals surface area contributed by atoms with E-state index in [0.717, 1.165) is 5.52 Å². The second-order valence-corrected chi connectivity index (χ2v) is 9.49. The molecular weight excluding hydrogens is 466 g/mol. The Balaban J connectivity index is 1.50. The van der Waals surface area contributed by atoms with E-state index in [9.17, 15) is 19.5 Å². The number of aromatic nitrogens is 3. The standard InChI is InChI=1S/C25H31N5O6/c1-3-12-28(15-30-17-9-6-5-8-16(17)26-27-30)23(33)21-25-11-10-18(36-25)19(24(34)35-4-2)20(25)22(32)29(21)13-7-14-31/h3,5-6,8-9,18-21,31H,1,4,7,10-15H2,2H3/t18-,19+,20+,21-,25+/m1/s1. The first-order valence-corrected chi connectivity index (χ1v) is 12.4. The van der Waals surface area contributed by atoms with E-state index in [1.54, 1.807) is 22.6 Å². The number of ether oxygens (including phenoxy) is 2. The van der Waals surface area contributed by atoms with Crippen LogP contribution in [0, 0.1) is 11.8 Å². The zero-order chi connectivity index (χ0) is 25.4. The van der Waals surface area contributed by atoms with Crippen molar-refractivity contribution in [3.63, 3.8) is 0 Å². The molecule has 0 aliphatic carbocycles. The normalized spacial score (nSPS) is 28.5. The van der Waals surface area contributed by atoms with Gasteiger partial charge in [0.2, 0.25) is 11.8 Å². The van der Waals surface area contributed by atoms with Crippen molar-refractivity contribution in [1.82, 2.24) is 24.8 Å². The van der Waals surface area contributed by atoms with Crippen LogP contribution in [-0.4, -0.2) is 91.7 Å². The monoisotopic (exact) mass is 497 g/mol. The quantitative estimate of drug-likeness (QED) is 0.376. The van der Waals surface area contributed by atoms with E-state index < -0.39 is 35.6 Å². The molecule has 3 fully saturated rings. The fraction of sp³-hybridized carbons (Fsp3) is 0.560. The van der Waals surface area contributed by atoms with Crippen molar-refractivity contribution in [2.75, 3.05) is 26.3 Å². The molecule has 1 aromatic carbocycles. The molecule has 5 rings (SSSR count). The van der Waals surface area contributed by atoms with Gasteiger partial charge in [-0.2, -0.15) is 0 Å². The fourth-order valence-electron chi connectivity index (χ4n) is 6.15. The van der Waals surface area contributed by atoms with Gasteiger partial charge in [0.1, 0.15) is 23.8 Å². The lowest BCUT2D eigenvalue weighted by Gasteiger charge is -2.36. The number of aliphatic hydroxyl groups excluding tert-OH is 1. The first-order valence-electron chi connectivity index (χ1n) is 12.4. The average Bonchev–Trinajstić information content (AvgIpc) is 3.62. The Morgan fingerprint density at radius 3 is 2.94 bits per heavy atom. The van der Waals surface area contributed by atoms with Gasteiger partial charge in [-0.05, 0) is 38.3 Å². The highest BCUT2D eigenvalue weighted by Gasteiger charge is 2.75. The van der Waals surface area contributed by atoms with Gasteiger partial charge < -0.3 is 24.4 Å². The summed E-state index contributed by atoms with van der Waals surface area (Å²) in [5.41, 5.74) is 0.364. The molecule has 0 saturated carbocycles. The smallest absolute Gasteiger partial charge is 0.312 e. The van der Waals surface area contributed by atoms with Crippen molar-refractivity contribution in [3.8, 4) is 0 Å². The molecular formula is C25H31N5O6. The summed E-state index contributed by atoms with van der Waals surface area (Å²) in [7, 11) is 0. The molecule has 2 aromatic rings. The number of rotatable bonds is 10. The molecule has 2 amide bonds. The minimum absolute atomic E-state index is 0.107. The van der Waals surface area contributed by atoms with Gasteiger partial charge in [0.15, 0.2) is 0 Å². The maximum absolute atomic E-state index is 14.2. The van der Waals surface area contributed by atoms with Crippen LogP contribution >= 0.6 is 0 Å². The van der Waals surface area contributed by atoms with Crippen LogP contribution in [0.2, 0.25) is 0 Å². The van der Waals surface area contributed by atoms with Gasteiger partial charge in [-0.25, -0.2) is 4.68 Å². The minimum atomic E-state index is -1.12. The molecule has 5 atom stereocenters. The Hall–Kier alpha value is -3.31. The van der Waals surface area contributed by atoms with Gasteiger partial charge in [0, 0.05) is 19.7 Å². The third kappa shape index (κ3) is 3.68. The molecule has 192 valence electrons. The summed E-state index contributed by atoms with van der Waals surface area (Å²) in [6.07, 6.45) is 2.53. The number of nitrogens with zero attached hydrogens (tertiary/aromatic N) is 5. The Bertz CT molecular complexity index is 1180. The van der Waals surface area contributed by atoms with Crippen LogP contribution in [0.3, 0.4) is 0 Å². The van der Waals surface area contributed by atoms with E-state index in [1.807, 2.05) is 24.3 Å². The number of aliphatic hydroxyl groups is 1. The maximum atomic E-state index is 14.2. The number of hydrogen-bond donors (Lipinski definition) is 1. The number of carbonyl (C=O) groups excluding carboxylic acids is 3. The van der Waals surface area contributed by atoms with Crippen LogP contribution in [0.15, 0.2) is 36.9 Å². The summed E-state index contributed by atoms with van der Waals surface area (Å²) < 4.78 is 13.3. The van der Waals surface area contributed by atoms with Crippen LogP contribution in [0.4, 0.5) is 0 Å². The molecule has 11 nitrogen and oxygen atoms in total. The van der Waals surface area contributed by atoms with E-state index in [0.29, 0.717) is 24.8 Å². The number of fused-ring (bicyclic) bond motifs is 2. The average molecular weight is 498 g/mol.